The Labute approximate surface area is 87.3 Å². The van der Waals surface area contributed by atoms with E-state index >= 15 is 0 Å². The van der Waals surface area contributed by atoms with Crippen molar-refractivity contribution in [3.63, 3.8) is 0 Å². The number of carbonyl (C=O) groups excluding carboxylic acids is 1. The minimum atomic E-state index is -0.0116. The summed E-state index contributed by atoms with van der Waals surface area (Å²) in [6, 6.07) is 6.74. The van der Waals surface area contributed by atoms with Gasteiger partial charge in [0.25, 0.3) is 0 Å². The van der Waals surface area contributed by atoms with Gasteiger partial charge in [-0.2, -0.15) is 0 Å². The molecule has 1 aromatic rings. The van der Waals surface area contributed by atoms with Crippen LogP contribution < -0.4 is 0 Å². The van der Waals surface area contributed by atoms with Crippen molar-refractivity contribution < 1.29 is 9.63 Å². The number of Topliss-reactive ketones (excluding diaryl/α,β-unsaturated/α-hetero) is 1. The summed E-state index contributed by atoms with van der Waals surface area (Å²) in [5, 5.41) is 4.10. The number of rotatable bonds is 4. The van der Waals surface area contributed by atoms with E-state index in [1.807, 2.05) is 0 Å². The lowest BCUT2D eigenvalue weighted by Gasteiger charge is -1.96. The van der Waals surface area contributed by atoms with Crippen molar-refractivity contribution in [2.24, 2.45) is 5.16 Å². The largest absolute Gasteiger partial charge is 0.399 e. The van der Waals surface area contributed by atoms with Crippen molar-refractivity contribution in [1.29, 1.82) is 0 Å². The summed E-state index contributed by atoms with van der Waals surface area (Å²) in [6.45, 7) is 0. The molecule has 0 fully saturated rings. The smallest absolute Gasteiger partial charge is 0.168 e. The second-order valence-corrected chi connectivity index (χ2v) is 3.04. The average Bonchev–Trinajstić information content (AvgIpc) is 2.19. The zero-order valence-electron chi connectivity index (χ0n) is 7.74. The zero-order valence-corrected chi connectivity index (χ0v) is 8.49. The van der Waals surface area contributed by atoms with Gasteiger partial charge in [-0.15, -0.1) is 0 Å². The summed E-state index contributed by atoms with van der Waals surface area (Å²) >= 11 is 5.69. The van der Waals surface area contributed by atoms with Crippen LogP contribution in [0.25, 0.3) is 0 Å². The van der Waals surface area contributed by atoms with Gasteiger partial charge in [0.15, 0.2) is 5.78 Å². The van der Waals surface area contributed by atoms with E-state index in [4.69, 9.17) is 11.6 Å². The third kappa shape index (κ3) is 3.18. The van der Waals surface area contributed by atoms with Crippen LogP contribution in [0.3, 0.4) is 0 Å². The van der Waals surface area contributed by atoms with Gasteiger partial charge >= 0.3 is 0 Å². The normalized spacial score (nSPS) is 10.4. The van der Waals surface area contributed by atoms with Gasteiger partial charge < -0.3 is 4.84 Å². The first-order valence-electron chi connectivity index (χ1n) is 4.08. The molecule has 4 heteroatoms. The van der Waals surface area contributed by atoms with Crippen molar-refractivity contribution in [3.8, 4) is 0 Å². The maximum atomic E-state index is 11.4. The van der Waals surface area contributed by atoms with Crippen LogP contribution in [0.1, 0.15) is 16.8 Å². The molecule has 0 atom stereocenters. The van der Waals surface area contributed by atoms with Gasteiger partial charge in [-0.3, -0.25) is 4.79 Å². The minimum Gasteiger partial charge on any atom is -0.399 e. The SMILES string of the molecule is CO/N=C/CC(=O)c1ccc(Cl)cc1. The highest BCUT2D eigenvalue weighted by Crippen LogP contribution is 2.10. The van der Waals surface area contributed by atoms with E-state index < -0.39 is 0 Å². The maximum absolute atomic E-state index is 11.4. The maximum Gasteiger partial charge on any atom is 0.168 e. The molecule has 0 aliphatic rings. The fourth-order valence-corrected chi connectivity index (χ4v) is 1.07. The van der Waals surface area contributed by atoms with Crippen LogP contribution in [0.4, 0.5) is 0 Å². The molecule has 0 amide bonds. The number of nitrogens with zero attached hydrogens (tertiary/aromatic N) is 1. The number of ketones is 1. The number of hydrogen-bond acceptors (Lipinski definition) is 3. The van der Waals surface area contributed by atoms with Gasteiger partial charge in [0.05, 0.1) is 6.21 Å². The molecule has 1 aromatic carbocycles. The monoisotopic (exact) mass is 211 g/mol. The predicted molar refractivity (Wildman–Crippen MR) is 55.9 cm³/mol. The molecular weight excluding hydrogens is 202 g/mol. The summed E-state index contributed by atoms with van der Waals surface area (Å²) in [5.41, 5.74) is 0.622. The quantitative estimate of drug-likeness (QED) is 0.436. The van der Waals surface area contributed by atoms with Crippen LogP contribution in [-0.2, 0) is 4.84 Å². The molecule has 0 saturated heterocycles. The molecule has 1 rings (SSSR count). The lowest BCUT2D eigenvalue weighted by molar-refractivity contribution is 0.1000. The van der Waals surface area contributed by atoms with E-state index in [-0.39, 0.29) is 12.2 Å². The molecule has 0 spiro atoms. The molecule has 0 radical (unpaired) electrons. The number of halogens is 1. The van der Waals surface area contributed by atoms with E-state index in [0.29, 0.717) is 10.6 Å². The van der Waals surface area contributed by atoms with Gasteiger partial charge in [0.2, 0.25) is 0 Å². The Morgan fingerprint density at radius 1 is 1.50 bits per heavy atom. The second-order valence-electron chi connectivity index (χ2n) is 2.60. The summed E-state index contributed by atoms with van der Waals surface area (Å²) in [7, 11) is 1.43. The molecule has 74 valence electrons. The lowest BCUT2D eigenvalue weighted by atomic mass is 10.1. The molecule has 0 aliphatic carbocycles. The van der Waals surface area contributed by atoms with Crippen LogP contribution in [0.15, 0.2) is 29.4 Å². The molecule has 0 bridgehead atoms. The molecule has 0 N–H and O–H groups in total. The zero-order chi connectivity index (χ0) is 10.4. The fourth-order valence-electron chi connectivity index (χ4n) is 0.948. The molecule has 0 heterocycles. The Hall–Kier alpha value is -1.35. The molecule has 0 aliphatic heterocycles. The molecule has 0 aromatic heterocycles. The van der Waals surface area contributed by atoms with Crippen molar-refractivity contribution in [3.05, 3.63) is 34.9 Å². The molecule has 3 nitrogen and oxygen atoms in total. The summed E-state index contributed by atoms with van der Waals surface area (Å²) in [5.74, 6) is -0.0116. The lowest BCUT2D eigenvalue weighted by Crippen LogP contribution is -1.99. The van der Waals surface area contributed by atoms with Crippen LogP contribution in [-0.4, -0.2) is 19.1 Å². The third-order valence-electron chi connectivity index (χ3n) is 1.62. The second kappa shape index (κ2) is 5.40. The summed E-state index contributed by atoms with van der Waals surface area (Å²) in [4.78, 5) is 15.9. The van der Waals surface area contributed by atoms with Crippen LogP contribution in [0.2, 0.25) is 5.02 Å². The van der Waals surface area contributed by atoms with Gasteiger partial charge in [-0.1, -0.05) is 16.8 Å². The Kier molecular flexibility index (Phi) is 4.13. The van der Waals surface area contributed by atoms with E-state index in [2.05, 4.69) is 9.99 Å². The predicted octanol–water partition coefficient (Wildman–Crippen LogP) is 2.55. The highest BCUT2D eigenvalue weighted by Gasteiger charge is 2.02. The number of carbonyl (C=O) groups is 1. The Morgan fingerprint density at radius 2 is 2.14 bits per heavy atom. The van der Waals surface area contributed by atoms with Crippen LogP contribution in [0.5, 0.6) is 0 Å². The van der Waals surface area contributed by atoms with Gasteiger partial charge in [0.1, 0.15) is 7.11 Å². The van der Waals surface area contributed by atoms with E-state index in [9.17, 15) is 4.79 Å². The van der Waals surface area contributed by atoms with Crippen LogP contribution in [0, 0.1) is 0 Å². The topological polar surface area (TPSA) is 38.7 Å². The van der Waals surface area contributed by atoms with E-state index in [1.54, 1.807) is 24.3 Å². The molecule has 0 saturated carbocycles. The summed E-state index contributed by atoms with van der Waals surface area (Å²) in [6.07, 6.45) is 1.66. The number of hydrogen-bond donors (Lipinski definition) is 0. The third-order valence-corrected chi connectivity index (χ3v) is 1.87. The minimum absolute atomic E-state index is 0.0116. The number of benzene rings is 1. The van der Waals surface area contributed by atoms with Gasteiger partial charge in [-0.25, -0.2) is 0 Å². The van der Waals surface area contributed by atoms with E-state index in [0.717, 1.165) is 0 Å². The Bertz CT molecular complexity index is 332. The van der Waals surface area contributed by atoms with Gasteiger partial charge in [-0.05, 0) is 24.3 Å². The van der Waals surface area contributed by atoms with Crippen LogP contribution >= 0.6 is 11.6 Å². The first-order valence-corrected chi connectivity index (χ1v) is 4.45. The summed E-state index contributed by atoms with van der Waals surface area (Å²) < 4.78 is 0. The molecule has 0 unspecified atom stereocenters. The Balaban J connectivity index is 2.61. The highest BCUT2D eigenvalue weighted by atomic mass is 35.5. The fraction of sp³-hybridized carbons (Fsp3) is 0.200. The first-order chi connectivity index (χ1) is 6.74. The van der Waals surface area contributed by atoms with Gasteiger partial charge in [0, 0.05) is 17.0 Å². The molecular formula is C10H10ClNO2. The van der Waals surface area contributed by atoms with Crippen molar-refractivity contribution in [2.45, 2.75) is 6.42 Å². The Morgan fingerprint density at radius 3 is 2.71 bits per heavy atom. The van der Waals surface area contributed by atoms with E-state index in [1.165, 1.54) is 13.3 Å². The highest BCUT2D eigenvalue weighted by molar-refractivity contribution is 6.30. The molecule has 14 heavy (non-hydrogen) atoms. The van der Waals surface area contributed by atoms with Crippen molar-refractivity contribution in [2.75, 3.05) is 7.11 Å². The first kappa shape index (κ1) is 10.7. The average molecular weight is 212 g/mol. The standard InChI is InChI=1S/C10H10ClNO2/c1-14-12-7-6-10(13)8-2-4-9(11)5-3-8/h2-5,7H,6H2,1H3/b12-7+. The number of oxime groups is 1. The van der Waals surface area contributed by atoms with Crippen molar-refractivity contribution >= 4 is 23.6 Å². The van der Waals surface area contributed by atoms with Crippen molar-refractivity contribution in [1.82, 2.24) is 0 Å².